The van der Waals surface area contributed by atoms with Gasteiger partial charge in [0.1, 0.15) is 0 Å². The SMILES string of the molecule is Cc1[nH]c(=O)[nH]c(=O)c1S(=O)(=O)Nc1ccccc1I. The minimum atomic E-state index is -4.08. The van der Waals surface area contributed by atoms with Crippen molar-refractivity contribution in [1.29, 1.82) is 0 Å². The van der Waals surface area contributed by atoms with Gasteiger partial charge in [-0.2, -0.15) is 0 Å². The summed E-state index contributed by atoms with van der Waals surface area (Å²) < 4.78 is 27.5. The topological polar surface area (TPSA) is 112 Å². The Morgan fingerprint density at radius 1 is 1.15 bits per heavy atom. The van der Waals surface area contributed by atoms with Crippen LogP contribution in [0.1, 0.15) is 5.69 Å². The normalized spacial score (nSPS) is 11.3. The maximum Gasteiger partial charge on any atom is 0.325 e. The van der Waals surface area contributed by atoms with Crippen LogP contribution < -0.4 is 16.0 Å². The van der Waals surface area contributed by atoms with Crippen LogP contribution in [-0.4, -0.2) is 18.4 Å². The number of halogens is 1. The molecule has 0 aliphatic rings. The molecule has 1 aromatic heterocycles. The molecule has 0 amide bonds. The number of aromatic amines is 2. The third kappa shape index (κ3) is 2.93. The van der Waals surface area contributed by atoms with Crippen molar-refractivity contribution < 1.29 is 8.42 Å². The molecule has 1 aromatic carbocycles. The van der Waals surface area contributed by atoms with E-state index in [1.165, 1.54) is 6.92 Å². The summed E-state index contributed by atoms with van der Waals surface area (Å²) in [7, 11) is -4.08. The molecule has 9 heteroatoms. The van der Waals surface area contributed by atoms with Gasteiger partial charge in [-0.1, -0.05) is 12.1 Å². The van der Waals surface area contributed by atoms with Crippen molar-refractivity contribution in [2.24, 2.45) is 0 Å². The third-order valence-electron chi connectivity index (χ3n) is 2.46. The summed E-state index contributed by atoms with van der Waals surface area (Å²) in [6.07, 6.45) is 0. The zero-order valence-electron chi connectivity index (χ0n) is 10.2. The van der Waals surface area contributed by atoms with Crippen LogP contribution in [-0.2, 0) is 10.0 Å². The van der Waals surface area contributed by atoms with Crippen molar-refractivity contribution in [3.05, 3.63) is 54.4 Å². The maximum absolute atomic E-state index is 12.3. The monoisotopic (exact) mass is 407 g/mol. The van der Waals surface area contributed by atoms with Crippen molar-refractivity contribution in [2.45, 2.75) is 11.8 Å². The summed E-state index contributed by atoms with van der Waals surface area (Å²) >= 11 is 1.97. The Morgan fingerprint density at radius 2 is 1.80 bits per heavy atom. The number of H-pyrrole nitrogens is 2. The fraction of sp³-hybridized carbons (Fsp3) is 0.0909. The van der Waals surface area contributed by atoms with Crippen LogP contribution in [0.25, 0.3) is 0 Å². The lowest BCUT2D eigenvalue weighted by Crippen LogP contribution is -2.31. The van der Waals surface area contributed by atoms with E-state index in [0.717, 1.165) is 0 Å². The molecule has 0 atom stereocenters. The number of rotatable bonds is 3. The second-order valence-corrected chi connectivity index (χ2v) is 6.73. The first-order valence-corrected chi connectivity index (χ1v) is 7.98. The summed E-state index contributed by atoms with van der Waals surface area (Å²) in [6, 6.07) is 6.73. The molecule has 0 unspecified atom stereocenters. The molecular formula is C11H10IN3O4S. The highest BCUT2D eigenvalue weighted by Gasteiger charge is 2.22. The molecule has 0 radical (unpaired) electrons. The molecule has 3 N–H and O–H groups in total. The highest BCUT2D eigenvalue weighted by Crippen LogP contribution is 2.20. The van der Waals surface area contributed by atoms with Gasteiger partial charge in [-0.05, 0) is 41.6 Å². The minimum Gasteiger partial charge on any atom is -0.310 e. The van der Waals surface area contributed by atoms with Crippen LogP contribution in [0.15, 0.2) is 38.8 Å². The average Bonchev–Trinajstić information content (AvgIpc) is 2.30. The first-order chi connectivity index (χ1) is 9.31. The van der Waals surface area contributed by atoms with Gasteiger partial charge in [0.05, 0.1) is 5.69 Å². The van der Waals surface area contributed by atoms with E-state index in [4.69, 9.17) is 0 Å². The van der Waals surface area contributed by atoms with Crippen molar-refractivity contribution in [2.75, 3.05) is 4.72 Å². The molecular weight excluding hydrogens is 397 g/mol. The minimum absolute atomic E-state index is 0.0165. The number of para-hydroxylation sites is 1. The van der Waals surface area contributed by atoms with Crippen LogP contribution in [0.4, 0.5) is 5.69 Å². The lowest BCUT2D eigenvalue weighted by Gasteiger charge is -2.10. The summed E-state index contributed by atoms with van der Waals surface area (Å²) in [5.74, 6) is 0. The first-order valence-electron chi connectivity index (χ1n) is 5.42. The third-order valence-corrected chi connectivity index (χ3v) is 4.92. The molecule has 106 valence electrons. The van der Waals surface area contributed by atoms with Gasteiger partial charge < -0.3 is 4.98 Å². The predicted octanol–water partition coefficient (Wildman–Crippen LogP) is 0.777. The quantitative estimate of drug-likeness (QED) is 0.653. The zero-order chi connectivity index (χ0) is 14.9. The van der Waals surface area contributed by atoms with Gasteiger partial charge in [0.2, 0.25) is 0 Å². The molecule has 0 fully saturated rings. The van der Waals surface area contributed by atoms with Crippen molar-refractivity contribution in [1.82, 2.24) is 9.97 Å². The number of sulfonamides is 1. The highest BCUT2D eigenvalue weighted by molar-refractivity contribution is 14.1. The Morgan fingerprint density at radius 3 is 2.40 bits per heavy atom. The van der Waals surface area contributed by atoms with E-state index >= 15 is 0 Å². The number of nitrogens with one attached hydrogen (secondary N) is 3. The van der Waals surface area contributed by atoms with Crippen LogP contribution in [0.2, 0.25) is 0 Å². The Labute approximate surface area is 127 Å². The van der Waals surface area contributed by atoms with E-state index in [1.54, 1.807) is 24.3 Å². The fourth-order valence-corrected chi connectivity index (χ4v) is 3.68. The Kier molecular flexibility index (Phi) is 3.99. The van der Waals surface area contributed by atoms with Crippen LogP contribution in [0, 0.1) is 10.5 Å². The molecule has 20 heavy (non-hydrogen) atoms. The van der Waals surface area contributed by atoms with Gasteiger partial charge in [0.15, 0.2) is 4.90 Å². The van der Waals surface area contributed by atoms with Gasteiger partial charge in [-0.3, -0.25) is 14.5 Å². The lowest BCUT2D eigenvalue weighted by molar-refractivity contribution is 0.598. The van der Waals surface area contributed by atoms with E-state index in [2.05, 4.69) is 9.71 Å². The summed E-state index contributed by atoms with van der Waals surface area (Å²) in [5, 5.41) is 0. The molecule has 0 saturated carbocycles. The van der Waals surface area contributed by atoms with Crippen molar-refractivity contribution >= 4 is 38.3 Å². The second kappa shape index (κ2) is 5.40. The van der Waals surface area contributed by atoms with Crippen LogP contribution in [0.3, 0.4) is 0 Å². The standard InChI is InChI=1S/C11H10IN3O4S/c1-6-9(10(16)14-11(17)13-6)20(18,19)15-8-5-3-2-4-7(8)12/h2-5,15H,1H3,(H2,13,14,16,17). The molecule has 2 rings (SSSR count). The van der Waals surface area contributed by atoms with Gasteiger partial charge in [-0.15, -0.1) is 0 Å². The lowest BCUT2D eigenvalue weighted by atomic mass is 10.3. The summed E-state index contributed by atoms with van der Waals surface area (Å²) in [5.41, 5.74) is -1.36. The molecule has 0 aliphatic heterocycles. The van der Waals surface area contributed by atoms with E-state index in [9.17, 15) is 18.0 Å². The molecule has 0 saturated heterocycles. The zero-order valence-corrected chi connectivity index (χ0v) is 13.2. The van der Waals surface area contributed by atoms with Crippen LogP contribution >= 0.6 is 22.6 Å². The Bertz CT molecular complexity index is 870. The molecule has 7 nitrogen and oxygen atoms in total. The molecule has 2 aromatic rings. The summed E-state index contributed by atoms with van der Waals surface area (Å²) in [4.78, 5) is 26.4. The van der Waals surface area contributed by atoms with E-state index < -0.39 is 26.2 Å². The van der Waals surface area contributed by atoms with Gasteiger partial charge in [-0.25, -0.2) is 13.2 Å². The molecule has 1 heterocycles. The number of hydrogen-bond donors (Lipinski definition) is 3. The van der Waals surface area contributed by atoms with Gasteiger partial charge in [0, 0.05) is 9.26 Å². The number of aromatic nitrogens is 2. The predicted molar refractivity (Wildman–Crippen MR) is 82.4 cm³/mol. The fourth-order valence-electron chi connectivity index (χ4n) is 1.65. The number of benzene rings is 1. The Balaban J connectivity index is 2.55. The van der Waals surface area contributed by atoms with Crippen molar-refractivity contribution in [3.63, 3.8) is 0 Å². The van der Waals surface area contributed by atoms with E-state index in [0.29, 0.717) is 9.26 Å². The maximum atomic E-state index is 12.3. The number of anilines is 1. The van der Waals surface area contributed by atoms with E-state index in [-0.39, 0.29) is 5.69 Å². The van der Waals surface area contributed by atoms with Gasteiger partial charge in [0.25, 0.3) is 15.6 Å². The Hall–Kier alpha value is -1.62. The number of aryl methyl sites for hydroxylation is 1. The molecule has 0 bridgehead atoms. The van der Waals surface area contributed by atoms with Crippen LogP contribution in [0.5, 0.6) is 0 Å². The van der Waals surface area contributed by atoms with E-state index in [1.807, 2.05) is 27.6 Å². The molecule has 0 aliphatic carbocycles. The smallest absolute Gasteiger partial charge is 0.310 e. The average molecular weight is 407 g/mol. The molecule has 0 spiro atoms. The largest absolute Gasteiger partial charge is 0.325 e. The summed E-state index contributed by atoms with van der Waals surface area (Å²) in [6.45, 7) is 1.35. The van der Waals surface area contributed by atoms with Gasteiger partial charge >= 0.3 is 5.69 Å². The van der Waals surface area contributed by atoms with Crippen molar-refractivity contribution in [3.8, 4) is 0 Å². The first kappa shape index (κ1) is 14.8. The number of hydrogen-bond acceptors (Lipinski definition) is 4. The highest BCUT2D eigenvalue weighted by atomic mass is 127. The second-order valence-electron chi connectivity index (χ2n) is 3.95.